The molecule has 1 atom stereocenters. The molecule has 106 valence electrons. The van der Waals surface area contributed by atoms with Gasteiger partial charge in [0, 0.05) is 18.7 Å². The summed E-state index contributed by atoms with van der Waals surface area (Å²) >= 11 is 5.74. The zero-order valence-corrected chi connectivity index (χ0v) is 11.6. The van der Waals surface area contributed by atoms with Crippen molar-refractivity contribution in [3.63, 3.8) is 0 Å². The van der Waals surface area contributed by atoms with E-state index in [-0.39, 0.29) is 23.4 Å². The molecule has 0 bridgehead atoms. The van der Waals surface area contributed by atoms with Crippen molar-refractivity contribution in [3.8, 4) is 0 Å². The van der Waals surface area contributed by atoms with Crippen LogP contribution in [0, 0.1) is 5.82 Å². The second kappa shape index (κ2) is 5.85. The van der Waals surface area contributed by atoms with Gasteiger partial charge in [0.15, 0.2) is 9.84 Å². The van der Waals surface area contributed by atoms with Crippen molar-refractivity contribution in [2.24, 2.45) is 5.73 Å². The van der Waals surface area contributed by atoms with Gasteiger partial charge < -0.3 is 10.8 Å². The Balaban J connectivity index is 3.11. The van der Waals surface area contributed by atoms with Crippen LogP contribution in [0.15, 0.2) is 17.0 Å². The molecule has 1 rings (SSSR count). The zero-order chi connectivity index (χ0) is 14.8. The number of rotatable bonds is 5. The molecule has 0 spiro atoms. The minimum Gasteiger partial charge on any atom is -0.481 e. The maximum Gasteiger partial charge on any atom is 0.303 e. The van der Waals surface area contributed by atoms with Crippen molar-refractivity contribution in [2.45, 2.75) is 23.8 Å². The van der Waals surface area contributed by atoms with Gasteiger partial charge in [-0.2, -0.15) is 0 Å². The third-order valence-electron chi connectivity index (χ3n) is 2.49. The van der Waals surface area contributed by atoms with E-state index in [0.717, 1.165) is 12.3 Å². The fraction of sp³-hybridized carbons (Fsp3) is 0.364. The molecule has 8 heteroatoms. The number of hydrogen-bond acceptors (Lipinski definition) is 4. The number of nitrogens with two attached hydrogens (primary N) is 1. The topological polar surface area (TPSA) is 97.5 Å². The lowest BCUT2D eigenvalue weighted by molar-refractivity contribution is -0.137. The summed E-state index contributed by atoms with van der Waals surface area (Å²) in [6.45, 7) is 0. The number of carboxylic acid groups (broad SMARTS) is 1. The molecule has 0 aromatic heterocycles. The monoisotopic (exact) mass is 309 g/mol. The minimum absolute atomic E-state index is 0.101. The molecule has 0 saturated carbocycles. The zero-order valence-electron chi connectivity index (χ0n) is 10.1. The molecular weight excluding hydrogens is 297 g/mol. The maximum atomic E-state index is 13.7. The molecule has 3 N–H and O–H groups in total. The SMILES string of the molecule is CS(=O)(=O)c1c(F)cc(C(N)CCC(=O)O)cc1Cl. The van der Waals surface area contributed by atoms with Gasteiger partial charge in [0.1, 0.15) is 10.7 Å². The van der Waals surface area contributed by atoms with Gasteiger partial charge >= 0.3 is 5.97 Å². The van der Waals surface area contributed by atoms with Crippen LogP contribution in [0.5, 0.6) is 0 Å². The van der Waals surface area contributed by atoms with Crippen LogP contribution in [0.3, 0.4) is 0 Å². The van der Waals surface area contributed by atoms with Gasteiger partial charge in [-0.15, -0.1) is 0 Å². The van der Waals surface area contributed by atoms with Gasteiger partial charge in [-0.05, 0) is 24.1 Å². The Kier molecular flexibility index (Phi) is 4.89. The first-order valence-corrected chi connectivity index (χ1v) is 7.56. The van der Waals surface area contributed by atoms with Crippen LogP contribution < -0.4 is 5.73 Å². The van der Waals surface area contributed by atoms with E-state index < -0.39 is 32.6 Å². The van der Waals surface area contributed by atoms with Gasteiger partial charge in [0.25, 0.3) is 0 Å². The van der Waals surface area contributed by atoms with Crippen molar-refractivity contribution >= 4 is 27.4 Å². The summed E-state index contributed by atoms with van der Waals surface area (Å²) in [6, 6.07) is 1.49. The Labute approximate surface area is 115 Å². The third-order valence-corrected chi connectivity index (χ3v) is 4.06. The fourth-order valence-electron chi connectivity index (χ4n) is 1.59. The number of hydrogen-bond donors (Lipinski definition) is 2. The van der Waals surface area contributed by atoms with Crippen LogP contribution in [0.1, 0.15) is 24.4 Å². The first-order valence-electron chi connectivity index (χ1n) is 5.29. The average molecular weight is 310 g/mol. The van der Waals surface area contributed by atoms with Crippen molar-refractivity contribution in [3.05, 3.63) is 28.5 Å². The van der Waals surface area contributed by atoms with Crippen LogP contribution in [-0.4, -0.2) is 25.7 Å². The summed E-state index contributed by atoms with van der Waals surface area (Å²) in [5.41, 5.74) is 5.96. The number of carbonyl (C=O) groups is 1. The highest BCUT2D eigenvalue weighted by Gasteiger charge is 2.21. The second-order valence-corrected chi connectivity index (χ2v) is 6.48. The fourth-order valence-corrected chi connectivity index (χ4v) is 3.06. The predicted octanol–water partition coefficient (Wildman–Crippen LogP) is 1.75. The first-order chi connectivity index (χ1) is 8.62. The van der Waals surface area contributed by atoms with E-state index >= 15 is 0 Å². The molecule has 0 saturated heterocycles. The van der Waals surface area contributed by atoms with Gasteiger partial charge in [0.05, 0.1) is 5.02 Å². The molecule has 5 nitrogen and oxygen atoms in total. The first kappa shape index (κ1) is 15.9. The van der Waals surface area contributed by atoms with E-state index in [2.05, 4.69) is 0 Å². The predicted molar refractivity (Wildman–Crippen MR) is 68.3 cm³/mol. The number of halogens is 2. The number of aliphatic carboxylic acids is 1. The van der Waals surface area contributed by atoms with Crippen LogP contribution in [0.25, 0.3) is 0 Å². The Hall–Kier alpha value is -1.18. The lowest BCUT2D eigenvalue weighted by Crippen LogP contribution is -2.13. The molecule has 0 heterocycles. The van der Waals surface area contributed by atoms with Gasteiger partial charge in [0.2, 0.25) is 0 Å². The smallest absolute Gasteiger partial charge is 0.303 e. The van der Waals surface area contributed by atoms with E-state index in [1.54, 1.807) is 0 Å². The molecular formula is C11H13ClFNO4S. The van der Waals surface area contributed by atoms with Crippen molar-refractivity contribution in [2.75, 3.05) is 6.26 Å². The lowest BCUT2D eigenvalue weighted by Gasteiger charge is -2.13. The molecule has 0 aliphatic carbocycles. The minimum atomic E-state index is -3.77. The molecule has 1 aromatic carbocycles. The van der Waals surface area contributed by atoms with Crippen molar-refractivity contribution in [1.82, 2.24) is 0 Å². The molecule has 0 fully saturated rings. The standard InChI is InChI=1S/C11H13ClFNO4S/c1-19(17,18)11-7(12)4-6(5-8(11)13)9(14)2-3-10(15)16/h4-5,9H,2-3,14H2,1H3,(H,15,16). The van der Waals surface area contributed by atoms with Crippen molar-refractivity contribution in [1.29, 1.82) is 0 Å². The number of carboxylic acids is 1. The van der Waals surface area contributed by atoms with Gasteiger partial charge in [-0.3, -0.25) is 4.79 Å². The van der Waals surface area contributed by atoms with Crippen molar-refractivity contribution < 1.29 is 22.7 Å². The van der Waals surface area contributed by atoms with Gasteiger partial charge in [-0.1, -0.05) is 11.6 Å². The Morgan fingerprint density at radius 2 is 2.11 bits per heavy atom. The Morgan fingerprint density at radius 3 is 2.53 bits per heavy atom. The van der Waals surface area contributed by atoms with E-state index in [0.29, 0.717) is 0 Å². The second-order valence-electron chi connectivity index (χ2n) is 4.12. The summed E-state index contributed by atoms with van der Waals surface area (Å²) in [5, 5.41) is 8.27. The molecule has 0 aliphatic heterocycles. The summed E-state index contributed by atoms with van der Waals surface area (Å²) in [4.78, 5) is 9.84. The van der Waals surface area contributed by atoms with Crippen LogP contribution >= 0.6 is 11.6 Å². The molecule has 0 radical (unpaired) electrons. The summed E-state index contributed by atoms with van der Waals surface area (Å²) in [6.07, 6.45) is 0.777. The van der Waals surface area contributed by atoms with E-state index in [1.165, 1.54) is 6.07 Å². The number of sulfone groups is 1. The summed E-state index contributed by atoms with van der Waals surface area (Å²) in [7, 11) is -3.77. The third kappa shape index (κ3) is 4.15. The highest BCUT2D eigenvalue weighted by Crippen LogP contribution is 2.29. The molecule has 1 aromatic rings. The maximum absolute atomic E-state index is 13.7. The number of benzene rings is 1. The molecule has 1 unspecified atom stereocenters. The highest BCUT2D eigenvalue weighted by molar-refractivity contribution is 7.90. The largest absolute Gasteiger partial charge is 0.481 e. The van der Waals surface area contributed by atoms with Crippen LogP contribution in [0.2, 0.25) is 5.02 Å². The van der Waals surface area contributed by atoms with Crippen LogP contribution in [0.4, 0.5) is 4.39 Å². The molecule has 0 amide bonds. The highest BCUT2D eigenvalue weighted by atomic mass is 35.5. The van der Waals surface area contributed by atoms with E-state index in [9.17, 15) is 17.6 Å². The lowest BCUT2D eigenvalue weighted by atomic mass is 10.0. The molecule has 0 aliphatic rings. The van der Waals surface area contributed by atoms with E-state index in [4.69, 9.17) is 22.4 Å². The summed E-state index contributed by atoms with van der Waals surface area (Å²) in [5.74, 6) is -2.01. The Morgan fingerprint density at radius 1 is 1.53 bits per heavy atom. The van der Waals surface area contributed by atoms with E-state index in [1.807, 2.05) is 0 Å². The average Bonchev–Trinajstić information content (AvgIpc) is 2.22. The van der Waals surface area contributed by atoms with Crippen LogP contribution in [-0.2, 0) is 14.6 Å². The normalized spacial score (nSPS) is 13.3. The Bertz CT molecular complexity index is 580. The van der Waals surface area contributed by atoms with Gasteiger partial charge in [-0.25, -0.2) is 12.8 Å². The summed E-state index contributed by atoms with van der Waals surface area (Å²) < 4.78 is 36.4. The quantitative estimate of drug-likeness (QED) is 0.863. The molecule has 19 heavy (non-hydrogen) atoms.